The van der Waals surface area contributed by atoms with Crippen molar-refractivity contribution in [2.75, 3.05) is 32.7 Å². The third kappa shape index (κ3) is 6.24. The molecule has 0 radical (unpaired) electrons. The SMILES string of the molecule is O=C(CNS(=O)(=O)c1ccc(F)c(Cl)c1)N1CCC(N2CCC(Oc3ccncc3)CC2)CC1. The Bertz CT molecular complexity index is 1090. The van der Waals surface area contributed by atoms with Crippen LogP contribution in [0.1, 0.15) is 25.7 Å². The van der Waals surface area contributed by atoms with Gasteiger partial charge in [0.15, 0.2) is 0 Å². The fourth-order valence-electron chi connectivity index (χ4n) is 4.44. The van der Waals surface area contributed by atoms with Crippen molar-refractivity contribution in [1.82, 2.24) is 19.5 Å². The normalized spacial score (nSPS) is 18.7. The summed E-state index contributed by atoms with van der Waals surface area (Å²) in [5.41, 5.74) is 0. The molecular formula is C23H28ClFN4O4S. The zero-order chi connectivity index (χ0) is 24.1. The zero-order valence-electron chi connectivity index (χ0n) is 18.7. The summed E-state index contributed by atoms with van der Waals surface area (Å²) in [4.78, 5) is 20.6. The first-order chi connectivity index (χ1) is 16.3. The van der Waals surface area contributed by atoms with Gasteiger partial charge in [0.25, 0.3) is 0 Å². The Labute approximate surface area is 204 Å². The van der Waals surface area contributed by atoms with Crippen LogP contribution in [0.25, 0.3) is 0 Å². The van der Waals surface area contributed by atoms with E-state index in [0.717, 1.165) is 62.7 Å². The van der Waals surface area contributed by atoms with Crippen LogP contribution >= 0.6 is 11.6 Å². The molecule has 1 aromatic heterocycles. The van der Waals surface area contributed by atoms with Gasteiger partial charge >= 0.3 is 0 Å². The van der Waals surface area contributed by atoms with Gasteiger partial charge in [-0.3, -0.25) is 14.7 Å². The lowest BCUT2D eigenvalue weighted by atomic mass is 9.99. The Hall–Kier alpha value is -2.27. The molecule has 11 heteroatoms. The number of amides is 1. The lowest BCUT2D eigenvalue weighted by Crippen LogP contribution is -2.51. The summed E-state index contributed by atoms with van der Waals surface area (Å²) in [6.45, 7) is 2.73. The largest absolute Gasteiger partial charge is 0.490 e. The van der Waals surface area contributed by atoms with Crippen LogP contribution in [0.15, 0.2) is 47.6 Å². The van der Waals surface area contributed by atoms with Gasteiger partial charge in [0.1, 0.15) is 17.7 Å². The highest BCUT2D eigenvalue weighted by atomic mass is 35.5. The number of sulfonamides is 1. The average molecular weight is 511 g/mol. The molecule has 1 amide bonds. The lowest BCUT2D eigenvalue weighted by Gasteiger charge is -2.41. The van der Waals surface area contributed by atoms with Crippen molar-refractivity contribution in [2.24, 2.45) is 0 Å². The van der Waals surface area contributed by atoms with Crippen LogP contribution < -0.4 is 9.46 Å². The Balaban J connectivity index is 1.20. The van der Waals surface area contributed by atoms with Crippen LogP contribution in [-0.2, 0) is 14.8 Å². The maximum Gasteiger partial charge on any atom is 0.241 e. The smallest absolute Gasteiger partial charge is 0.241 e. The number of pyridine rings is 1. The van der Waals surface area contributed by atoms with Crippen molar-refractivity contribution in [3.05, 3.63) is 53.6 Å². The van der Waals surface area contributed by atoms with Crippen LogP contribution in [0.5, 0.6) is 5.75 Å². The molecule has 3 heterocycles. The molecule has 1 aromatic carbocycles. The first-order valence-electron chi connectivity index (χ1n) is 11.3. The fourth-order valence-corrected chi connectivity index (χ4v) is 5.69. The third-order valence-corrected chi connectivity index (χ3v) is 8.07. The van der Waals surface area contributed by atoms with Crippen LogP contribution in [-0.4, -0.2) is 74.0 Å². The predicted octanol–water partition coefficient (Wildman–Crippen LogP) is 2.69. The van der Waals surface area contributed by atoms with Crippen LogP contribution in [0.4, 0.5) is 4.39 Å². The lowest BCUT2D eigenvalue weighted by molar-refractivity contribution is -0.131. The fraction of sp³-hybridized carbons (Fsp3) is 0.478. The van der Waals surface area contributed by atoms with Crippen LogP contribution in [0, 0.1) is 5.82 Å². The number of piperidine rings is 2. The highest BCUT2D eigenvalue weighted by Gasteiger charge is 2.30. The minimum atomic E-state index is -3.96. The maximum absolute atomic E-state index is 13.3. The van der Waals surface area contributed by atoms with E-state index in [0.29, 0.717) is 19.1 Å². The Morgan fingerprint density at radius 3 is 2.41 bits per heavy atom. The second-order valence-electron chi connectivity index (χ2n) is 8.55. The summed E-state index contributed by atoms with van der Waals surface area (Å²) in [5, 5.41) is -0.288. The van der Waals surface area contributed by atoms with Gasteiger partial charge in [0.05, 0.1) is 16.5 Å². The number of hydrogen-bond donors (Lipinski definition) is 1. The minimum absolute atomic E-state index is 0.179. The van der Waals surface area contributed by atoms with Gasteiger partial charge < -0.3 is 9.64 Å². The Morgan fingerprint density at radius 1 is 1.09 bits per heavy atom. The van der Waals surface area contributed by atoms with E-state index in [1.807, 2.05) is 12.1 Å². The van der Waals surface area contributed by atoms with E-state index < -0.39 is 15.8 Å². The molecule has 2 aromatic rings. The first kappa shape index (κ1) is 24.8. The predicted molar refractivity (Wildman–Crippen MR) is 126 cm³/mol. The third-order valence-electron chi connectivity index (χ3n) is 6.38. The first-order valence-corrected chi connectivity index (χ1v) is 13.2. The summed E-state index contributed by atoms with van der Waals surface area (Å²) in [7, 11) is -3.96. The topological polar surface area (TPSA) is 91.8 Å². The minimum Gasteiger partial charge on any atom is -0.490 e. The molecule has 2 aliphatic rings. The molecule has 34 heavy (non-hydrogen) atoms. The molecule has 2 fully saturated rings. The second kappa shape index (κ2) is 11.0. The van der Waals surface area contributed by atoms with Gasteiger partial charge in [0.2, 0.25) is 15.9 Å². The van der Waals surface area contributed by atoms with Gasteiger partial charge in [-0.2, -0.15) is 0 Å². The van der Waals surface area contributed by atoms with E-state index in [2.05, 4.69) is 14.6 Å². The number of carbonyl (C=O) groups excluding carboxylic acids is 1. The molecular weight excluding hydrogens is 483 g/mol. The molecule has 0 unspecified atom stereocenters. The summed E-state index contributed by atoms with van der Waals surface area (Å²) in [6, 6.07) is 7.27. The van der Waals surface area contributed by atoms with Gasteiger partial charge in [-0.25, -0.2) is 17.5 Å². The van der Waals surface area contributed by atoms with E-state index in [4.69, 9.17) is 16.3 Å². The summed E-state index contributed by atoms with van der Waals surface area (Å²) in [5.74, 6) is -0.136. The number of likely N-dealkylation sites (tertiary alicyclic amines) is 2. The average Bonchev–Trinajstić information content (AvgIpc) is 2.85. The highest BCUT2D eigenvalue weighted by Crippen LogP contribution is 2.24. The van der Waals surface area contributed by atoms with Crippen molar-refractivity contribution >= 4 is 27.5 Å². The van der Waals surface area contributed by atoms with Crippen molar-refractivity contribution in [2.45, 2.75) is 42.7 Å². The number of halogens is 2. The van der Waals surface area contributed by atoms with Gasteiger partial charge in [-0.05, 0) is 56.0 Å². The quantitative estimate of drug-likeness (QED) is 0.616. The van der Waals surface area contributed by atoms with Crippen molar-refractivity contribution in [1.29, 1.82) is 0 Å². The Morgan fingerprint density at radius 2 is 1.76 bits per heavy atom. The molecule has 0 spiro atoms. The number of nitrogens with zero attached hydrogens (tertiary/aromatic N) is 3. The number of aromatic nitrogens is 1. The molecule has 2 saturated heterocycles. The van der Waals surface area contributed by atoms with E-state index in [1.54, 1.807) is 17.3 Å². The number of rotatable bonds is 7. The second-order valence-corrected chi connectivity index (χ2v) is 10.7. The van der Waals surface area contributed by atoms with Gasteiger partial charge in [-0.15, -0.1) is 0 Å². The van der Waals surface area contributed by atoms with E-state index in [1.165, 1.54) is 0 Å². The molecule has 8 nitrogen and oxygen atoms in total. The summed E-state index contributed by atoms with van der Waals surface area (Å²) in [6.07, 6.45) is 7.26. The number of ether oxygens (including phenoxy) is 1. The molecule has 184 valence electrons. The molecule has 4 rings (SSSR count). The van der Waals surface area contributed by atoms with E-state index in [9.17, 15) is 17.6 Å². The van der Waals surface area contributed by atoms with Crippen molar-refractivity contribution in [3.8, 4) is 5.75 Å². The Kier molecular flexibility index (Phi) is 8.02. The zero-order valence-corrected chi connectivity index (χ0v) is 20.3. The summed E-state index contributed by atoms with van der Waals surface area (Å²) < 4.78 is 46.4. The molecule has 0 atom stereocenters. The van der Waals surface area contributed by atoms with Gasteiger partial charge in [0, 0.05) is 44.6 Å². The molecule has 2 aliphatic heterocycles. The molecule has 0 saturated carbocycles. The number of nitrogens with one attached hydrogen (secondary N) is 1. The van der Waals surface area contributed by atoms with Gasteiger partial charge in [-0.1, -0.05) is 11.6 Å². The van der Waals surface area contributed by atoms with E-state index in [-0.39, 0.29) is 28.5 Å². The monoisotopic (exact) mass is 510 g/mol. The molecule has 0 aliphatic carbocycles. The summed E-state index contributed by atoms with van der Waals surface area (Å²) >= 11 is 5.67. The number of carbonyl (C=O) groups is 1. The van der Waals surface area contributed by atoms with Crippen molar-refractivity contribution in [3.63, 3.8) is 0 Å². The van der Waals surface area contributed by atoms with E-state index >= 15 is 0 Å². The van der Waals surface area contributed by atoms with Crippen LogP contribution in [0.3, 0.4) is 0 Å². The molecule has 0 bridgehead atoms. The number of hydrogen-bond acceptors (Lipinski definition) is 6. The highest BCUT2D eigenvalue weighted by molar-refractivity contribution is 7.89. The number of benzene rings is 1. The maximum atomic E-state index is 13.3. The molecule has 1 N–H and O–H groups in total. The standard InChI is InChI=1S/C23H28ClFN4O4S/c24-21-15-20(1-2-22(21)25)34(31,32)27-16-23(30)29-11-5-17(6-12-29)28-13-7-19(8-14-28)33-18-3-9-26-10-4-18/h1-4,9-10,15,17,19,27H,5-8,11-14,16H2. The van der Waals surface area contributed by atoms with Crippen molar-refractivity contribution < 1.29 is 22.3 Å². The van der Waals surface area contributed by atoms with Crippen LogP contribution in [0.2, 0.25) is 5.02 Å².